The number of carbonyl (C=O) groups is 3. The number of carbonyl (C=O) groups excluding carboxylic acids is 3. The highest BCUT2D eigenvalue weighted by molar-refractivity contribution is 7.20. The number of hydrogen-bond donors (Lipinski definition) is 8. The molecule has 3 saturated heterocycles. The number of fused-ring (bicyclic) bond motifs is 6. The van der Waals surface area contributed by atoms with Crippen molar-refractivity contribution < 1.29 is 23.9 Å². The maximum atomic E-state index is 13.4. The van der Waals surface area contributed by atoms with Crippen molar-refractivity contribution in [2.75, 3.05) is 96.1 Å². The molecule has 11 aromatic heterocycles. The first-order valence-corrected chi connectivity index (χ1v) is 37.1. The number of aromatic nitrogens is 15. The van der Waals surface area contributed by atoms with E-state index in [1.54, 1.807) is 64.4 Å². The van der Waals surface area contributed by atoms with Crippen LogP contribution in [0.3, 0.4) is 0 Å². The Morgan fingerprint density at radius 1 is 0.533 bits per heavy atom. The number of thiazole rings is 1. The second-order valence-electron chi connectivity index (χ2n) is 28.3. The number of benzene rings is 1. The number of ketones is 3. The van der Waals surface area contributed by atoms with Crippen LogP contribution in [0.5, 0.6) is 0 Å². The molecular weight excluding hydrogens is 1360 g/mol. The average Bonchev–Trinajstić information content (AvgIpc) is 1.64. The van der Waals surface area contributed by atoms with E-state index >= 15 is 0 Å². The van der Waals surface area contributed by atoms with E-state index in [1.165, 1.54) is 25.8 Å². The van der Waals surface area contributed by atoms with E-state index in [4.69, 9.17) is 24.4 Å². The second kappa shape index (κ2) is 28.3. The fourth-order valence-corrected chi connectivity index (χ4v) is 17.0. The lowest BCUT2D eigenvalue weighted by Gasteiger charge is -2.37. The van der Waals surface area contributed by atoms with E-state index in [2.05, 4.69) is 82.4 Å². The zero-order chi connectivity index (χ0) is 72.5. The molecule has 3 aliphatic carbocycles. The van der Waals surface area contributed by atoms with Gasteiger partial charge in [-0.25, -0.2) is 24.9 Å². The number of furan rings is 1. The third-order valence-corrected chi connectivity index (χ3v) is 22.4. The average molecular weight is 1440 g/mol. The number of aromatic amines is 2. The van der Waals surface area contributed by atoms with Crippen molar-refractivity contribution in [2.45, 2.75) is 143 Å². The summed E-state index contributed by atoms with van der Waals surface area (Å²) in [4.78, 5) is 132. The molecule has 544 valence electrons. The first-order chi connectivity index (χ1) is 50.9. The van der Waals surface area contributed by atoms with Crippen LogP contribution < -0.4 is 58.0 Å². The molecule has 0 radical (unpaired) electrons. The molecule has 12 aromatic rings. The Morgan fingerprint density at radius 2 is 0.981 bits per heavy atom. The Bertz CT molecular complexity index is 5300. The highest BCUT2D eigenvalue weighted by Crippen LogP contribution is 2.37. The monoisotopic (exact) mass is 1440 g/mol. The lowest BCUT2D eigenvalue weighted by molar-refractivity contribution is 0.100. The van der Waals surface area contributed by atoms with Crippen LogP contribution in [0.2, 0.25) is 0 Å². The van der Waals surface area contributed by atoms with Crippen LogP contribution in [0.4, 0.5) is 52.1 Å². The van der Waals surface area contributed by atoms with Gasteiger partial charge in [0.15, 0.2) is 28.1 Å². The Kier molecular flexibility index (Phi) is 18.5. The molecule has 0 unspecified atom stereocenters. The van der Waals surface area contributed by atoms with Gasteiger partial charge in [0.25, 0.3) is 16.7 Å². The molecule has 3 aliphatic heterocycles. The minimum absolute atomic E-state index is 0.0242. The summed E-state index contributed by atoms with van der Waals surface area (Å²) in [5, 5.41) is 29.1. The number of rotatable bonds is 15. The molecule has 6 fully saturated rings. The summed E-state index contributed by atoms with van der Waals surface area (Å²) in [5.41, 5.74) is 7.39. The van der Waals surface area contributed by atoms with Gasteiger partial charge in [0, 0.05) is 136 Å². The predicted octanol–water partition coefficient (Wildman–Crippen LogP) is 9.54. The smallest absolute Gasteiger partial charge is 0.263 e. The number of imidazole rings is 3. The second-order valence-corrected chi connectivity index (χ2v) is 29.3. The number of β-amino-alcohol motifs (C(OH)–C–C–N with tert-alkyl or cyclic N) is 1. The maximum absolute atomic E-state index is 13.4. The normalized spacial score (nSPS) is 17.0. The van der Waals surface area contributed by atoms with Gasteiger partial charge >= 0.3 is 0 Å². The van der Waals surface area contributed by atoms with E-state index in [0.29, 0.717) is 98.8 Å². The summed E-state index contributed by atoms with van der Waals surface area (Å²) in [7, 11) is 0. The molecule has 0 bridgehead atoms. The number of pyridine rings is 3. The van der Waals surface area contributed by atoms with Crippen molar-refractivity contribution in [3.8, 4) is 0 Å². The van der Waals surface area contributed by atoms with Crippen LogP contribution in [-0.2, 0) is 0 Å². The summed E-state index contributed by atoms with van der Waals surface area (Å²) < 4.78 is 13.1. The van der Waals surface area contributed by atoms with Gasteiger partial charge in [-0.15, -0.1) is 0 Å². The summed E-state index contributed by atoms with van der Waals surface area (Å²) in [6.07, 6.45) is 20.6. The highest BCUT2D eigenvalue weighted by atomic mass is 32.1. The Morgan fingerprint density at radius 3 is 1.43 bits per heavy atom. The topological polar surface area (TPSA) is 372 Å². The Balaban J connectivity index is 0.000000121. The molecule has 3 saturated carbocycles. The molecule has 14 heterocycles. The SMILES string of the molecule is CC(=O)c1c(C)c2cnc(Nc3cn4cc(N5CCNCC5)sc4n3)nc2n(C2CCCC2)c1=O.CC(=O)c1c(C)c2cnc(Nc3nc4ccc(N5CC(O)C5)cc4[nH]3)nc2n(C2CCCC2)c1=O.CC(=O)c1c(C)c2cnc(Nc3nc4oc(N5CCNCC5)cc4[nH]3)nc2n(C2CCCC2)c1=O. The Labute approximate surface area is 604 Å². The number of aryl methyl sites for hydroxylation is 3. The number of piperazine rings is 2. The van der Waals surface area contributed by atoms with Gasteiger partial charge in [-0.2, -0.15) is 19.9 Å². The van der Waals surface area contributed by atoms with Crippen LogP contribution in [0.25, 0.3) is 60.3 Å². The fraction of sp³-hybridized carbons (Fsp3) is 0.438. The van der Waals surface area contributed by atoms with Gasteiger partial charge in [-0.1, -0.05) is 49.9 Å². The highest BCUT2D eigenvalue weighted by Gasteiger charge is 2.31. The van der Waals surface area contributed by atoms with E-state index in [9.17, 15) is 33.9 Å². The van der Waals surface area contributed by atoms with Gasteiger partial charge in [0.1, 0.15) is 27.5 Å². The summed E-state index contributed by atoms with van der Waals surface area (Å²) in [6.45, 7) is 18.5. The van der Waals surface area contributed by atoms with Gasteiger partial charge in [-0.05, 0) is 115 Å². The molecule has 18 rings (SSSR count). The molecule has 0 atom stereocenters. The number of nitrogens with one attached hydrogen (secondary N) is 7. The lowest BCUT2D eigenvalue weighted by atomic mass is 10.0. The van der Waals surface area contributed by atoms with Crippen molar-refractivity contribution in [1.29, 1.82) is 0 Å². The minimum atomic E-state index is -0.272. The third-order valence-electron chi connectivity index (χ3n) is 21.3. The first-order valence-electron chi connectivity index (χ1n) is 36.3. The van der Waals surface area contributed by atoms with Crippen molar-refractivity contribution in [3.63, 3.8) is 0 Å². The summed E-state index contributed by atoms with van der Waals surface area (Å²) in [5.74, 6) is 2.72. The van der Waals surface area contributed by atoms with Crippen LogP contribution in [0.1, 0.15) is 164 Å². The number of Topliss-reactive ketones (excluding diaryl/α,β-unsaturated/α-hetero) is 3. The molecule has 105 heavy (non-hydrogen) atoms. The number of H-pyrrole nitrogens is 2. The van der Waals surface area contributed by atoms with Gasteiger partial charge in [-0.3, -0.25) is 57.5 Å². The zero-order valence-corrected chi connectivity index (χ0v) is 60.2. The van der Waals surface area contributed by atoms with E-state index in [1.807, 2.05) is 34.9 Å². The van der Waals surface area contributed by atoms with Crippen LogP contribution >= 0.6 is 11.3 Å². The standard InChI is InChI=1S/C25H27N7O3.C24H28N8O3.C24H28N8O2S/c1-13-18-10-26-24(29-22(18)32(15-5-3-4-6-15)23(35)21(13)14(2)33)30-25-27-19-8-7-16(9-20(19)28-25)31-11-17(34)12-31;1-13-16-12-26-23(28-20(16)32(15-5-3-4-6-15)22(34)19(13)14(2)33)30-24-27-17-11-18(35-21(17)29-24)31-9-7-25-8-10-31;1-14-17-11-26-23(29-21(17)32(16-5-3-4-6-16)22(34)20(14)15(2)33)27-18-12-31-13-19(35-24(31)28-18)30-9-7-25-8-10-30/h7-10,15,17,34H,3-6,11-12H2,1-2H3,(H2,26,27,28,29,30);11-12,15,25H,3-10H2,1-2H3,(H2,26,27,28,29,30);11-13,16,25H,3-10H2,1-2H3,(H,26,27,29). The Hall–Kier alpha value is -10.8. The first kappa shape index (κ1) is 68.6. The number of aliphatic hydroxyl groups excluding tert-OH is 1. The lowest BCUT2D eigenvalue weighted by Crippen LogP contribution is -2.50. The molecular formula is C73H83N23O8S. The van der Waals surface area contributed by atoms with Crippen molar-refractivity contribution >= 4 is 141 Å². The fourth-order valence-electron chi connectivity index (χ4n) is 15.9. The van der Waals surface area contributed by atoms with Crippen molar-refractivity contribution in [1.82, 2.24) is 83.6 Å². The number of aliphatic hydroxyl groups is 1. The van der Waals surface area contributed by atoms with Crippen LogP contribution in [-0.4, -0.2) is 167 Å². The van der Waals surface area contributed by atoms with Crippen molar-refractivity contribution in [3.05, 3.63) is 120 Å². The number of hydrogen-bond acceptors (Lipinski definition) is 26. The zero-order valence-electron chi connectivity index (χ0n) is 59.4. The van der Waals surface area contributed by atoms with E-state index in [0.717, 1.165) is 168 Å². The maximum Gasteiger partial charge on any atom is 0.263 e. The quantitative estimate of drug-likeness (QED) is 0.0443. The van der Waals surface area contributed by atoms with Gasteiger partial charge < -0.3 is 50.1 Å². The molecule has 31 nitrogen and oxygen atoms in total. The van der Waals surface area contributed by atoms with E-state index < -0.39 is 0 Å². The largest absolute Gasteiger partial charge is 0.420 e. The molecule has 8 N–H and O–H groups in total. The minimum Gasteiger partial charge on any atom is -0.420 e. The number of nitrogens with zero attached hydrogens (tertiary/aromatic N) is 16. The third kappa shape index (κ3) is 13.2. The summed E-state index contributed by atoms with van der Waals surface area (Å²) in [6, 6.07) is 7.98. The molecule has 0 amide bonds. The van der Waals surface area contributed by atoms with Crippen LogP contribution in [0, 0.1) is 20.8 Å². The molecule has 32 heteroatoms. The van der Waals surface area contributed by atoms with Crippen LogP contribution in [0.15, 0.2) is 74.1 Å². The summed E-state index contributed by atoms with van der Waals surface area (Å²) >= 11 is 1.66. The van der Waals surface area contributed by atoms with Gasteiger partial charge in [0.2, 0.25) is 41.3 Å². The van der Waals surface area contributed by atoms with Crippen molar-refractivity contribution in [2.24, 2.45) is 0 Å². The molecule has 6 aliphatic rings. The predicted molar refractivity (Wildman–Crippen MR) is 404 cm³/mol. The molecule has 1 aromatic carbocycles. The molecule has 0 spiro atoms. The van der Waals surface area contributed by atoms with E-state index in [-0.39, 0.29) is 74.9 Å². The number of anilines is 9. The van der Waals surface area contributed by atoms with Gasteiger partial charge in [0.05, 0.1) is 40.0 Å².